The van der Waals surface area contributed by atoms with Crippen LogP contribution in [0, 0.1) is 17.2 Å². The average molecular weight is 270 g/mol. The number of unbranched alkanes of at least 4 members (excludes halogenated alkanes) is 3. The number of hydrogen-bond acceptors (Lipinski definition) is 2. The average Bonchev–Trinajstić information content (AvgIpc) is 2.50. The fourth-order valence-electron chi connectivity index (χ4n) is 3.08. The van der Waals surface area contributed by atoms with E-state index in [-0.39, 0.29) is 0 Å². The van der Waals surface area contributed by atoms with E-state index in [1.807, 2.05) is 0 Å². The molecule has 1 fully saturated rings. The van der Waals surface area contributed by atoms with E-state index in [9.17, 15) is 0 Å². The highest BCUT2D eigenvalue weighted by atomic mass is 15.1. The fourth-order valence-corrected chi connectivity index (χ4v) is 3.08. The number of benzene rings is 1. The summed E-state index contributed by atoms with van der Waals surface area (Å²) in [6.07, 6.45) is 8.18. The van der Waals surface area contributed by atoms with E-state index in [1.54, 1.807) is 0 Å². The lowest BCUT2D eigenvalue weighted by atomic mass is 9.90. The second-order valence-corrected chi connectivity index (χ2v) is 5.94. The molecule has 1 aromatic carbocycles. The first-order valence-corrected chi connectivity index (χ1v) is 8.01. The van der Waals surface area contributed by atoms with Gasteiger partial charge in [0.15, 0.2) is 0 Å². The van der Waals surface area contributed by atoms with E-state index in [0.717, 1.165) is 18.8 Å². The fraction of sp³-hybridized carbons (Fsp3) is 0.611. The lowest BCUT2D eigenvalue weighted by Crippen LogP contribution is -2.35. The van der Waals surface area contributed by atoms with E-state index in [0.29, 0.717) is 0 Å². The van der Waals surface area contributed by atoms with Gasteiger partial charge in [-0.15, -0.1) is 0 Å². The van der Waals surface area contributed by atoms with Crippen LogP contribution in [0.5, 0.6) is 0 Å². The van der Waals surface area contributed by atoms with Crippen LogP contribution in [0.15, 0.2) is 30.3 Å². The topological polar surface area (TPSA) is 27.0 Å². The van der Waals surface area contributed by atoms with Crippen LogP contribution in [0.2, 0.25) is 0 Å². The number of rotatable bonds is 7. The zero-order valence-electron chi connectivity index (χ0n) is 12.4. The molecule has 20 heavy (non-hydrogen) atoms. The molecular weight excluding hydrogens is 244 g/mol. The van der Waals surface area contributed by atoms with E-state index in [2.05, 4.69) is 41.3 Å². The number of likely N-dealkylation sites (tertiary alicyclic amines) is 1. The predicted molar refractivity (Wildman–Crippen MR) is 83.4 cm³/mol. The molecule has 0 spiro atoms. The molecule has 1 saturated heterocycles. The van der Waals surface area contributed by atoms with Gasteiger partial charge < -0.3 is 4.90 Å². The SMILES string of the molecule is N#CCCCCCN1CCC(Cc2ccccc2)CC1. The maximum absolute atomic E-state index is 8.50. The van der Waals surface area contributed by atoms with Gasteiger partial charge in [0, 0.05) is 6.42 Å². The molecule has 108 valence electrons. The van der Waals surface area contributed by atoms with Crippen LogP contribution < -0.4 is 0 Å². The van der Waals surface area contributed by atoms with Gasteiger partial charge in [-0.05, 0) is 63.2 Å². The summed E-state index contributed by atoms with van der Waals surface area (Å²) in [6.45, 7) is 3.75. The van der Waals surface area contributed by atoms with E-state index in [4.69, 9.17) is 5.26 Å². The van der Waals surface area contributed by atoms with Crippen molar-refractivity contribution in [1.29, 1.82) is 5.26 Å². The second kappa shape index (κ2) is 8.76. The molecule has 1 aliphatic heterocycles. The van der Waals surface area contributed by atoms with Crippen molar-refractivity contribution in [3.05, 3.63) is 35.9 Å². The van der Waals surface area contributed by atoms with Crippen LogP contribution in [0.1, 0.15) is 44.1 Å². The molecule has 0 saturated carbocycles. The quantitative estimate of drug-likeness (QED) is 0.700. The molecule has 0 aromatic heterocycles. The first-order valence-electron chi connectivity index (χ1n) is 8.01. The summed E-state index contributed by atoms with van der Waals surface area (Å²) in [5.74, 6) is 0.868. The Bertz CT molecular complexity index is 399. The van der Waals surface area contributed by atoms with Gasteiger partial charge in [0.1, 0.15) is 0 Å². The van der Waals surface area contributed by atoms with Crippen molar-refractivity contribution in [1.82, 2.24) is 4.90 Å². The van der Waals surface area contributed by atoms with E-state index >= 15 is 0 Å². The van der Waals surface area contributed by atoms with Crippen LogP contribution in [0.25, 0.3) is 0 Å². The molecule has 0 bridgehead atoms. The van der Waals surface area contributed by atoms with Crippen molar-refractivity contribution in [3.63, 3.8) is 0 Å². The summed E-state index contributed by atoms with van der Waals surface area (Å²) in [6, 6.07) is 13.1. The summed E-state index contributed by atoms with van der Waals surface area (Å²) in [5.41, 5.74) is 1.49. The molecule has 0 N–H and O–H groups in total. The molecule has 0 atom stereocenters. The molecule has 1 aliphatic rings. The molecule has 0 radical (unpaired) electrons. The summed E-state index contributed by atoms with van der Waals surface area (Å²) < 4.78 is 0. The van der Waals surface area contributed by atoms with Crippen LogP contribution in [0.3, 0.4) is 0 Å². The van der Waals surface area contributed by atoms with Crippen LogP contribution in [-0.2, 0) is 6.42 Å². The molecule has 2 heteroatoms. The van der Waals surface area contributed by atoms with E-state index in [1.165, 1.54) is 57.3 Å². The monoisotopic (exact) mass is 270 g/mol. The zero-order valence-corrected chi connectivity index (χ0v) is 12.4. The zero-order chi connectivity index (χ0) is 14.0. The molecule has 1 heterocycles. The number of hydrogen-bond donors (Lipinski definition) is 0. The van der Waals surface area contributed by atoms with Crippen molar-refractivity contribution in [3.8, 4) is 6.07 Å². The van der Waals surface area contributed by atoms with Gasteiger partial charge in [0.05, 0.1) is 6.07 Å². The summed E-state index contributed by atoms with van der Waals surface area (Å²) in [7, 11) is 0. The second-order valence-electron chi connectivity index (χ2n) is 5.94. The summed E-state index contributed by atoms with van der Waals surface area (Å²) in [5, 5.41) is 8.50. The Hall–Kier alpha value is -1.33. The van der Waals surface area contributed by atoms with Gasteiger partial charge in [-0.1, -0.05) is 36.8 Å². The number of piperidine rings is 1. The Labute approximate surface area is 123 Å². The third kappa shape index (κ3) is 5.35. The lowest BCUT2D eigenvalue weighted by Gasteiger charge is -2.32. The third-order valence-electron chi connectivity index (χ3n) is 4.34. The Balaban J connectivity index is 1.59. The van der Waals surface area contributed by atoms with Gasteiger partial charge in [-0.3, -0.25) is 0 Å². The summed E-state index contributed by atoms with van der Waals surface area (Å²) >= 11 is 0. The minimum Gasteiger partial charge on any atom is -0.303 e. The molecule has 2 nitrogen and oxygen atoms in total. The third-order valence-corrected chi connectivity index (χ3v) is 4.34. The Morgan fingerprint density at radius 1 is 1.05 bits per heavy atom. The van der Waals surface area contributed by atoms with Gasteiger partial charge in [0.25, 0.3) is 0 Å². The number of nitriles is 1. The smallest absolute Gasteiger partial charge is 0.0621 e. The molecule has 0 amide bonds. The van der Waals surface area contributed by atoms with Crippen LogP contribution >= 0.6 is 0 Å². The van der Waals surface area contributed by atoms with Crippen molar-refractivity contribution in [2.45, 2.75) is 44.9 Å². The largest absolute Gasteiger partial charge is 0.303 e. The van der Waals surface area contributed by atoms with Crippen LogP contribution in [-0.4, -0.2) is 24.5 Å². The van der Waals surface area contributed by atoms with Gasteiger partial charge in [-0.25, -0.2) is 0 Å². The lowest BCUT2D eigenvalue weighted by molar-refractivity contribution is 0.181. The molecule has 1 aromatic rings. The van der Waals surface area contributed by atoms with Gasteiger partial charge in [-0.2, -0.15) is 5.26 Å². The molecular formula is C18H26N2. The highest BCUT2D eigenvalue weighted by Gasteiger charge is 2.18. The molecule has 0 aliphatic carbocycles. The molecule has 2 rings (SSSR count). The van der Waals surface area contributed by atoms with Crippen LogP contribution in [0.4, 0.5) is 0 Å². The van der Waals surface area contributed by atoms with Crippen molar-refractivity contribution in [2.24, 2.45) is 5.92 Å². The Morgan fingerprint density at radius 3 is 2.50 bits per heavy atom. The van der Waals surface area contributed by atoms with Gasteiger partial charge >= 0.3 is 0 Å². The normalized spacial score (nSPS) is 16.9. The number of nitrogens with zero attached hydrogens (tertiary/aromatic N) is 2. The first-order chi connectivity index (χ1) is 9.88. The minimum absolute atomic E-state index is 0.721. The predicted octanol–water partition coefficient (Wildman–Crippen LogP) is 4.03. The molecule has 0 unspecified atom stereocenters. The maximum Gasteiger partial charge on any atom is 0.0621 e. The maximum atomic E-state index is 8.50. The summed E-state index contributed by atoms with van der Waals surface area (Å²) in [4.78, 5) is 2.61. The van der Waals surface area contributed by atoms with Crippen molar-refractivity contribution in [2.75, 3.05) is 19.6 Å². The van der Waals surface area contributed by atoms with E-state index < -0.39 is 0 Å². The highest BCUT2D eigenvalue weighted by Crippen LogP contribution is 2.21. The standard InChI is InChI=1S/C18H26N2/c19-12-6-1-2-7-13-20-14-10-18(11-15-20)16-17-8-4-3-5-9-17/h3-5,8-9,18H,1-2,6-7,10-11,13-16H2. The van der Waals surface area contributed by atoms with Crippen molar-refractivity contribution >= 4 is 0 Å². The first kappa shape index (κ1) is 15.1. The minimum atomic E-state index is 0.721. The highest BCUT2D eigenvalue weighted by molar-refractivity contribution is 5.15. The van der Waals surface area contributed by atoms with Crippen molar-refractivity contribution < 1.29 is 0 Å². The van der Waals surface area contributed by atoms with Gasteiger partial charge in [0.2, 0.25) is 0 Å². The Kier molecular flexibility index (Phi) is 6.60. The Morgan fingerprint density at radius 2 is 1.80 bits per heavy atom.